The summed E-state index contributed by atoms with van der Waals surface area (Å²) < 4.78 is 14.1. The number of hydrogen-bond donors (Lipinski definition) is 1. The number of phenols is 1. The van der Waals surface area contributed by atoms with Crippen LogP contribution in [0.15, 0.2) is 24.3 Å². The van der Waals surface area contributed by atoms with Crippen LogP contribution in [-0.4, -0.2) is 49.7 Å². The van der Waals surface area contributed by atoms with Gasteiger partial charge in [-0.3, -0.25) is 4.79 Å². The number of phenolic OH excluding ortho intramolecular Hbond substituents is 1. The van der Waals surface area contributed by atoms with Gasteiger partial charge in [-0.05, 0) is 34.8 Å². The number of Topliss-reactive ketones (excluding diaryl/α,β-unsaturated/α-hetero) is 1. The maximum absolute atomic E-state index is 11.9. The average Bonchev–Trinajstić information content (AvgIpc) is 3.09. The SMILES string of the molecule is O=C1C[C@@H](n2nnn(-c3cccc(O)c3)c2=S)[C@H]2CO[C@@H]1O2. The molecule has 22 heavy (non-hydrogen) atoms. The third kappa shape index (κ3) is 2.05. The minimum Gasteiger partial charge on any atom is -0.508 e. The van der Waals surface area contributed by atoms with Crippen LogP contribution in [0.1, 0.15) is 12.5 Å². The topological polar surface area (TPSA) is 91.4 Å². The summed E-state index contributed by atoms with van der Waals surface area (Å²) in [6.07, 6.45) is -0.761. The molecule has 2 aromatic rings. The van der Waals surface area contributed by atoms with E-state index in [9.17, 15) is 9.90 Å². The lowest BCUT2D eigenvalue weighted by molar-refractivity contribution is -0.156. The summed E-state index contributed by atoms with van der Waals surface area (Å²) in [4.78, 5) is 11.9. The van der Waals surface area contributed by atoms with Gasteiger partial charge in [-0.2, -0.15) is 4.68 Å². The zero-order valence-corrected chi connectivity index (χ0v) is 12.1. The van der Waals surface area contributed by atoms with E-state index in [4.69, 9.17) is 21.7 Å². The highest BCUT2D eigenvalue weighted by Gasteiger charge is 2.45. The number of fused-ring (bicyclic) bond motifs is 2. The fraction of sp³-hybridized carbons (Fsp3) is 0.385. The van der Waals surface area contributed by atoms with Gasteiger partial charge in [0.1, 0.15) is 11.9 Å². The number of aromatic nitrogens is 4. The lowest BCUT2D eigenvalue weighted by Gasteiger charge is -2.25. The number of rotatable bonds is 2. The average molecular weight is 320 g/mol. The Bertz CT molecular complexity index is 801. The van der Waals surface area contributed by atoms with Crippen LogP contribution in [0.2, 0.25) is 0 Å². The minimum absolute atomic E-state index is 0.108. The van der Waals surface area contributed by atoms with Crippen molar-refractivity contribution in [3.05, 3.63) is 29.0 Å². The Kier molecular flexibility index (Phi) is 3.06. The van der Waals surface area contributed by atoms with Gasteiger partial charge in [0.05, 0.1) is 18.3 Å². The molecular weight excluding hydrogens is 308 g/mol. The lowest BCUT2D eigenvalue weighted by atomic mass is 10.0. The first kappa shape index (κ1) is 13.6. The fourth-order valence-corrected chi connectivity index (χ4v) is 3.03. The van der Waals surface area contributed by atoms with Crippen LogP contribution in [0.5, 0.6) is 5.75 Å². The van der Waals surface area contributed by atoms with Gasteiger partial charge in [-0.15, -0.1) is 0 Å². The van der Waals surface area contributed by atoms with Crippen molar-refractivity contribution in [1.82, 2.24) is 19.8 Å². The molecule has 3 heterocycles. The third-order valence-corrected chi connectivity index (χ3v) is 4.16. The molecule has 0 saturated carbocycles. The van der Waals surface area contributed by atoms with E-state index in [0.29, 0.717) is 17.1 Å². The number of tetrazole rings is 1. The predicted molar refractivity (Wildman–Crippen MR) is 75.1 cm³/mol. The predicted octanol–water partition coefficient (Wildman–Crippen LogP) is 0.759. The second kappa shape index (κ2) is 4.97. The number of hydrogen-bond acceptors (Lipinski definition) is 7. The Morgan fingerprint density at radius 3 is 3.05 bits per heavy atom. The lowest BCUT2D eigenvalue weighted by Crippen LogP contribution is -2.37. The molecule has 0 amide bonds. The molecule has 8 nitrogen and oxygen atoms in total. The Morgan fingerprint density at radius 1 is 1.36 bits per heavy atom. The Balaban J connectivity index is 1.73. The monoisotopic (exact) mass is 320 g/mol. The summed E-state index contributed by atoms with van der Waals surface area (Å²) in [5.41, 5.74) is 0.597. The number of ketones is 1. The van der Waals surface area contributed by atoms with Crippen molar-refractivity contribution < 1.29 is 19.4 Å². The molecule has 4 rings (SSSR count). The molecule has 114 valence electrons. The number of benzene rings is 1. The quantitative estimate of drug-likeness (QED) is 0.817. The second-order valence-electron chi connectivity index (χ2n) is 5.22. The minimum atomic E-state index is -0.753. The van der Waals surface area contributed by atoms with Crippen LogP contribution >= 0.6 is 12.2 Å². The molecule has 2 aliphatic rings. The van der Waals surface area contributed by atoms with Crippen molar-refractivity contribution in [2.45, 2.75) is 24.9 Å². The highest BCUT2D eigenvalue weighted by Crippen LogP contribution is 2.32. The van der Waals surface area contributed by atoms with Crippen LogP contribution in [0.25, 0.3) is 5.69 Å². The summed E-state index contributed by atoms with van der Waals surface area (Å²) in [5.74, 6) is -0.00952. The molecule has 2 bridgehead atoms. The van der Waals surface area contributed by atoms with Gasteiger partial charge in [0.15, 0.2) is 5.78 Å². The molecule has 2 aliphatic heterocycles. The smallest absolute Gasteiger partial charge is 0.221 e. The first-order valence-corrected chi connectivity index (χ1v) is 7.18. The number of aromatic hydroxyl groups is 1. The molecule has 3 atom stereocenters. The first-order valence-electron chi connectivity index (χ1n) is 6.77. The number of carbonyl (C=O) groups excluding carboxylic acids is 1. The fourth-order valence-electron chi connectivity index (χ4n) is 2.72. The van der Waals surface area contributed by atoms with Crippen LogP contribution in [0.4, 0.5) is 0 Å². The highest BCUT2D eigenvalue weighted by atomic mass is 32.1. The summed E-state index contributed by atoms with van der Waals surface area (Å²) in [5, 5.41) is 17.6. The van der Waals surface area contributed by atoms with Gasteiger partial charge in [0.25, 0.3) is 0 Å². The Hall–Kier alpha value is -2.10. The molecule has 1 aromatic heterocycles. The molecule has 1 N–H and O–H groups in total. The maximum atomic E-state index is 11.9. The van der Waals surface area contributed by atoms with Crippen molar-refractivity contribution in [3.8, 4) is 11.4 Å². The highest BCUT2D eigenvalue weighted by molar-refractivity contribution is 7.71. The third-order valence-electron chi connectivity index (χ3n) is 3.80. The second-order valence-corrected chi connectivity index (χ2v) is 5.58. The summed E-state index contributed by atoms with van der Waals surface area (Å²) >= 11 is 5.40. The van der Waals surface area contributed by atoms with E-state index in [0.717, 1.165) is 0 Å². The zero-order valence-electron chi connectivity index (χ0n) is 11.3. The molecule has 0 radical (unpaired) electrons. The zero-order chi connectivity index (χ0) is 15.3. The van der Waals surface area contributed by atoms with E-state index in [1.54, 1.807) is 18.2 Å². The van der Waals surface area contributed by atoms with Crippen molar-refractivity contribution >= 4 is 18.0 Å². The van der Waals surface area contributed by atoms with Crippen molar-refractivity contribution in [2.24, 2.45) is 0 Å². The Morgan fingerprint density at radius 2 is 2.23 bits per heavy atom. The molecule has 0 spiro atoms. The van der Waals surface area contributed by atoms with Gasteiger partial charge >= 0.3 is 0 Å². The molecule has 0 aliphatic carbocycles. The van der Waals surface area contributed by atoms with E-state index in [-0.39, 0.29) is 30.1 Å². The molecular formula is C13H12N4O4S. The molecule has 2 fully saturated rings. The van der Waals surface area contributed by atoms with Gasteiger partial charge in [0, 0.05) is 12.5 Å². The molecule has 9 heteroatoms. The van der Waals surface area contributed by atoms with Gasteiger partial charge in [-0.1, -0.05) is 6.07 Å². The van der Waals surface area contributed by atoms with Crippen molar-refractivity contribution in [2.75, 3.05) is 6.61 Å². The van der Waals surface area contributed by atoms with Crippen LogP contribution in [0, 0.1) is 4.77 Å². The molecule has 1 aromatic carbocycles. The van der Waals surface area contributed by atoms with Gasteiger partial charge < -0.3 is 14.6 Å². The standard InChI is InChI=1S/C13H12N4O4S/c18-8-3-1-2-7(4-8)16-13(22)17(15-14-16)9-5-10(19)12-20-6-11(9)21-12/h1-4,9,11-12,18H,5-6H2/t9-,11-,12-/m1/s1. The van der Waals surface area contributed by atoms with E-state index in [1.807, 2.05) is 0 Å². The number of ether oxygens (including phenoxy) is 2. The normalized spacial score (nSPS) is 27.3. The number of carbonyl (C=O) groups is 1. The van der Waals surface area contributed by atoms with Gasteiger partial charge in [-0.25, -0.2) is 4.68 Å². The summed E-state index contributed by atoms with van der Waals surface area (Å²) in [7, 11) is 0. The van der Waals surface area contributed by atoms with Crippen LogP contribution in [0.3, 0.4) is 0 Å². The van der Waals surface area contributed by atoms with Crippen molar-refractivity contribution in [1.29, 1.82) is 0 Å². The largest absolute Gasteiger partial charge is 0.508 e. The van der Waals surface area contributed by atoms with E-state index >= 15 is 0 Å². The van der Waals surface area contributed by atoms with Gasteiger partial charge in [0.2, 0.25) is 11.1 Å². The van der Waals surface area contributed by atoms with E-state index < -0.39 is 6.29 Å². The van der Waals surface area contributed by atoms with Crippen LogP contribution < -0.4 is 0 Å². The summed E-state index contributed by atoms with van der Waals surface area (Å²) in [6.45, 7) is 0.335. The van der Waals surface area contributed by atoms with Crippen molar-refractivity contribution in [3.63, 3.8) is 0 Å². The Labute approximate surface area is 129 Å². The van der Waals surface area contributed by atoms with E-state index in [2.05, 4.69) is 10.4 Å². The molecule has 2 saturated heterocycles. The molecule has 0 unspecified atom stereocenters. The maximum Gasteiger partial charge on any atom is 0.221 e. The van der Waals surface area contributed by atoms with Crippen LogP contribution in [-0.2, 0) is 14.3 Å². The number of nitrogens with zero attached hydrogens (tertiary/aromatic N) is 4. The first-order chi connectivity index (χ1) is 10.6. The summed E-state index contributed by atoms with van der Waals surface area (Å²) in [6, 6.07) is 6.21. The van der Waals surface area contributed by atoms with E-state index in [1.165, 1.54) is 15.4 Å².